The Hall–Kier alpha value is -1.75. The lowest BCUT2D eigenvalue weighted by Gasteiger charge is -2.10. The largest absolute Gasteiger partial charge is 0.397 e. The number of nitrogens with two attached hydrogens (primary N) is 1. The van der Waals surface area contributed by atoms with E-state index in [0.29, 0.717) is 17.3 Å². The number of nitrogens with zero attached hydrogens (tertiary/aromatic N) is 3. The summed E-state index contributed by atoms with van der Waals surface area (Å²) in [4.78, 5) is 0. The molecule has 84 valence electrons. The average Bonchev–Trinajstić information content (AvgIpc) is 2.64. The highest BCUT2D eigenvalue weighted by molar-refractivity contribution is 6.33. The summed E-state index contributed by atoms with van der Waals surface area (Å²) in [6.45, 7) is 0.532. The number of aryl methyl sites for hydroxylation is 1. The molecule has 1 heterocycles. The molecule has 1 aromatic heterocycles. The zero-order valence-corrected chi connectivity index (χ0v) is 9.57. The van der Waals surface area contributed by atoms with Crippen LogP contribution >= 0.6 is 11.6 Å². The third kappa shape index (κ3) is 2.09. The SMILES string of the molecule is Cn1cnnc1CNc1c(N)cccc1Cl. The van der Waals surface area contributed by atoms with E-state index in [1.165, 1.54) is 0 Å². The first-order chi connectivity index (χ1) is 7.68. The molecule has 0 unspecified atom stereocenters. The fourth-order valence-electron chi connectivity index (χ4n) is 1.36. The summed E-state index contributed by atoms with van der Waals surface area (Å²) in [5.41, 5.74) is 7.16. The minimum atomic E-state index is 0.532. The maximum absolute atomic E-state index is 6.02. The van der Waals surface area contributed by atoms with Crippen LogP contribution in [-0.4, -0.2) is 14.8 Å². The molecule has 0 radical (unpaired) electrons. The average molecular weight is 238 g/mol. The third-order valence-corrected chi connectivity index (χ3v) is 2.59. The number of aromatic nitrogens is 3. The summed E-state index contributed by atoms with van der Waals surface area (Å²) in [7, 11) is 1.88. The number of anilines is 2. The van der Waals surface area contributed by atoms with Crippen LogP contribution in [0, 0.1) is 0 Å². The Bertz CT molecular complexity index is 473. The van der Waals surface area contributed by atoms with Crippen molar-refractivity contribution in [3.8, 4) is 0 Å². The molecule has 16 heavy (non-hydrogen) atoms. The van der Waals surface area contributed by atoms with Gasteiger partial charge in [-0.3, -0.25) is 0 Å². The second-order valence-electron chi connectivity index (χ2n) is 3.42. The first kappa shape index (κ1) is 10.8. The highest BCUT2D eigenvalue weighted by atomic mass is 35.5. The Morgan fingerprint density at radius 3 is 2.94 bits per heavy atom. The van der Waals surface area contributed by atoms with Gasteiger partial charge in [-0.2, -0.15) is 0 Å². The summed E-state index contributed by atoms with van der Waals surface area (Å²) >= 11 is 6.02. The fourth-order valence-corrected chi connectivity index (χ4v) is 1.61. The molecule has 0 saturated carbocycles. The maximum Gasteiger partial charge on any atom is 0.151 e. The van der Waals surface area contributed by atoms with E-state index in [1.54, 1.807) is 18.5 Å². The van der Waals surface area contributed by atoms with Crippen molar-refractivity contribution in [1.29, 1.82) is 0 Å². The molecule has 0 bridgehead atoms. The second kappa shape index (κ2) is 4.40. The quantitative estimate of drug-likeness (QED) is 0.797. The van der Waals surface area contributed by atoms with E-state index in [-0.39, 0.29) is 0 Å². The lowest BCUT2D eigenvalue weighted by Crippen LogP contribution is -2.07. The molecule has 0 spiro atoms. The molecule has 5 nitrogen and oxygen atoms in total. The maximum atomic E-state index is 6.02. The Morgan fingerprint density at radius 1 is 1.50 bits per heavy atom. The summed E-state index contributed by atoms with van der Waals surface area (Å²) in [5.74, 6) is 0.819. The minimum Gasteiger partial charge on any atom is -0.397 e. The fraction of sp³-hybridized carbons (Fsp3) is 0.200. The lowest BCUT2D eigenvalue weighted by molar-refractivity contribution is 0.812. The van der Waals surface area contributed by atoms with Crippen molar-refractivity contribution in [1.82, 2.24) is 14.8 Å². The standard InChI is InChI=1S/C10H12ClN5/c1-16-6-14-15-9(16)5-13-10-7(11)3-2-4-8(10)12/h2-4,6,13H,5,12H2,1H3. The molecule has 1 aromatic carbocycles. The molecule has 0 amide bonds. The predicted octanol–water partition coefficient (Wildman–Crippen LogP) is 1.66. The Morgan fingerprint density at radius 2 is 2.31 bits per heavy atom. The molecule has 0 atom stereocenters. The Balaban J connectivity index is 2.14. The van der Waals surface area contributed by atoms with Crippen molar-refractivity contribution >= 4 is 23.0 Å². The van der Waals surface area contributed by atoms with Gasteiger partial charge in [0, 0.05) is 7.05 Å². The zero-order valence-electron chi connectivity index (χ0n) is 8.81. The zero-order chi connectivity index (χ0) is 11.5. The van der Waals surface area contributed by atoms with E-state index in [2.05, 4.69) is 15.5 Å². The minimum absolute atomic E-state index is 0.532. The van der Waals surface area contributed by atoms with Crippen LogP contribution in [0.3, 0.4) is 0 Å². The smallest absolute Gasteiger partial charge is 0.151 e. The molecule has 0 aliphatic carbocycles. The van der Waals surface area contributed by atoms with Crippen molar-refractivity contribution in [3.05, 3.63) is 35.4 Å². The summed E-state index contributed by atoms with van der Waals surface area (Å²) in [5, 5.41) is 11.5. The molecular formula is C10H12ClN5. The molecule has 3 N–H and O–H groups in total. The van der Waals surface area contributed by atoms with Gasteiger partial charge >= 0.3 is 0 Å². The van der Waals surface area contributed by atoms with Gasteiger partial charge in [0.25, 0.3) is 0 Å². The van der Waals surface area contributed by atoms with Gasteiger partial charge in [-0.1, -0.05) is 17.7 Å². The summed E-state index contributed by atoms with van der Waals surface area (Å²) in [6, 6.07) is 5.40. The number of nitrogens with one attached hydrogen (secondary N) is 1. The van der Waals surface area contributed by atoms with Crippen molar-refractivity contribution in [2.45, 2.75) is 6.54 Å². The lowest BCUT2D eigenvalue weighted by atomic mass is 10.2. The van der Waals surface area contributed by atoms with E-state index in [0.717, 1.165) is 11.5 Å². The predicted molar refractivity (Wildman–Crippen MR) is 64.2 cm³/mol. The van der Waals surface area contributed by atoms with E-state index in [4.69, 9.17) is 17.3 Å². The monoisotopic (exact) mass is 237 g/mol. The molecule has 0 aliphatic rings. The topological polar surface area (TPSA) is 68.8 Å². The number of benzene rings is 1. The van der Waals surface area contributed by atoms with Gasteiger partial charge in [0.05, 0.1) is 22.9 Å². The van der Waals surface area contributed by atoms with Gasteiger partial charge in [-0.25, -0.2) is 0 Å². The number of halogens is 1. The first-order valence-corrected chi connectivity index (χ1v) is 5.17. The summed E-state index contributed by atoms with van der Waals surface area (Å²) in [6.07, 6.45) is 1.65. The number of hydrogen-bond donors (Lipinski definition) is 2. The number of para-hydroxylation sites is 1. The van der Waals surface area contributed by atoms with Gasteiger partial charge in [0.2, 0.25) is 0 Å². The highest BCUT2D eigenvalue weighted by Crippen LogP contribution is 2.27. The number of rotatable bonds is 3. The molecule has 0 saturated heterocycles. The number of nitrogen functional groups attached to an aromatic ring is 1. The van der Waals surface area contributed by atoms with Crippen LogP contribution in [0.4, 0.5) is 11.4 Å². The molecule has 0 aliphatic heterocycles. The van der Waals surface area contributed by atoms with Crippen LogP contribution in [0.1, 0.15) is 5.82 Å². The van der Waals surface area contributed by atoms with Crippen LogP contribution in [-0.2, 0) is 13.6 Å². The van der Waals surface area contributed by atoms with Crippen molar-refractivity contribution in [3.63, 3.8) is 0 Å². The van der Waals surface area contributed by atoms with Gasteiger partial charge < -0.3 is 15.6 Å². The molecule has 2 aromatic rings. The van der Waals surface area contributed by atoms with Crippen LogP contribution in [0.2, 0.25) is 5.02 Å². The van der Waals surface area contributed by atoms with Crippen LogP contribution in [0.5, 0.6) is 0 Å². The Kier molecular flexibility index (Phi) is 2.96. The van der Waals surface area contributed by atoms with Crippen molar-refractivity contribution < 1.29 is 0 Å². The Labute approximate surface area is 98.2 Å². The van der Waals surface area contributed by atoms with Crippen LogP contribution in [0.15, 0.2) is 24.5 Å². The number of hydrogen-bond acceptors (Lipinski definition) is 4. The van der Waals surface area contributed by atoms with E-state index in [1.807, 2.05) is 17.7 Å². The third-order valence-electron chi connectivity index (χ3n) is 2.27. The van der Waals surface area contributed by atoms with Gasteiger partial charge in [-0.05, 0) is 12.1 Å². The van der Waals surface area contributed by atoms with Gasteiger partial charge in [0.1, 0.15) is 6.33 Å². The first-order valence-electron chi connectivity index (χ1n) is 4.79. The molecule has 6 heteroatoms. The van der Waals surface area contributed by atoms with E-state index >= 15 is 0 Å². The summed E-state index contributed by atoms with van der Waals surface area (Å²) < 4.78 is 1.83. The van der Waals surface area contributed by atoms with Gasteiger partial charge in [0.15, 0.2) is 5.82 Å². The molecule has 2 rings (SSSR count). The van der Waals surface area contributed by atoms with E-state index in [9.17, 15) is 0 Å². The van der Waals surface area contributed by atoms with E-state index < -0.39 is 0 Å². The molecule has 0 fully saturated rings. The van der Waals surface area contributed by atoms with Crippen LogP contribution < -0.4 is 11.1 Å². The van der Waals surface area contributed by atoms with Crippen molar-refractivity contribution in [2.24, 2.45) is 7.05 Å². The van der Waals surface area contributed by atoms with Crippen molar-refractivity contribution in [2.75, 3.05) is 11.1 Å². The highest BCUT2D eigenvalue weighted by Gasteiger charge is 2.05. The molecular weight excluding hydrogens is 226 g/mol. The van der Waals surface area contributed by atoms with Gasteiger partial charge in [-0.15, -0.1) is 10.2 Å². The van der Waals surface area contributed by atoms with Crippen LogP contribution in [0.25, 0.3) is 0 Å². The normalized spacial score (nSPS) is 10.4. The second-order valence-corrected chi connectivity index (χ2v) is 3.82.